The quantitative estimate of drug-likeness (QED) is 0.679. The van der Waals surface area contributed by atoms with Crippen LogP contribution in [0.4, 0.5) is 11.8 Å². The van der Waals surface area contributed by atoms with Crippen LogP contribution in [0.15, 0.2) is 30.5 Å². The van der Waals surface area contributed by atoms with Crippen LogP contribution in [-0.2, 0) is 11.2 Å². The number of amides is 1. The van der Waals surface area contributed by atoms with E-state index in [2.05, 4.69) is 32.7 Å². The lowest BCUT2D eigenvalue weighted by Gasteiger charge is -2.34. The van der Waals surface area contributed by atoms with Crippen LogP contribution in [0.25, 0.3) is 0 Å². The Morgan fingerprint density at radius 2 is 1.96 bits per heavy atom. The normalized spacial score (nSPS) is 17.9. The molecule has 3 rings (SSSR count). The summed E-state index contributed by atoms with van der Waals surface area (Å²) in [5, 5.41) is 24.4. The molecule has 1 saturated carbocycles. The molecule has 0 spiro atoms. The van der Waals surface area contributed by atoms with E-state index in [1.165, 1.54) is 6.20 Å². The third kappa shape index (κ3) is 4.50. The predicted octanol–water partition coefficient (Wildman–Crippen LogP) is 1.55. The van der Waals surface area contributed by atoms with Gasteiger partial charge in [0, 0.05) is 18.5 Å². The lowest BCUT2D eigenvalue weighted by Crippen LogP contribution is -2.42. The summed E-state index contributed by atoms with van der Waals surface area (Å²) in [4.78, 5) is 19.7. The number of nitrogens with one attached hydrogen (secondary N) is 2. The number of nitrogens with zero attached hydrogens (tertiary/aromatic N) is 4. The van der Waals surface area contributed by atoms with Crippen LogP contribution >= 0.6 is 0 Å². The molecule has 1 amide bonds. The first-order chi connectivity index (χ1) is 13.1. The van der Waals surface area contributed by atoms with Crippen molar-refractivity contribution in [1.29, 1.82) is 10.5 Å². The number of rotatable bonds is 7. The summed E-state index contributed by atoms with van der Waals surface area (Å²) in [7, 11) is 0. The molecular formula is C19H19N7O. The highest BCUT2D eigenvalue weighted by Gasteiger charge is 2.33. The minimum Gasteiger partial charge on any atom is -0.369 e. The second-order valence-electron chi connectivity index (χ2n) is 6.47. The van der Waals surface area contributed by atoms with Crippen LogP contribution < -0.4 is 16.4 Å². The summed E-state index contributed by atoms with van der Waals surface area (Å²) in [5.74, 6) is 0.485. The predicted molar refractivity (Wildman–Crippen MR) is 99.4 cm³/mol. The summed E-state index contributed by atoms with van der Waals surface area (Å²) in [6.07, 6.45) is 3.52. The average molecular weight is 361 g/mol. The number of hydrogen-bond donors (Lipinski definition) is 3. The van der Waals surface area contributed by atoms with Gasteiger partial charge in [-0.2, -0.15) is 15.5 Å². The SMILES string of the molecule is N#Cc1ccc(CCNc2ncc(C#N)c(N[C@H]3C[C@@H](C(N)=O)C3)n2)cc1. The van der Waals surface area contributed by atoms with Crippen molar-refractivity contribution in [3.63, 3.8) is 0 Å². The maximum atomic E-state index is 11.1. The average Bonchev–Trinajstić information content (AvgIpc) is 2.64. The van der Waals surface area contributed by atoms with E-state index in [0.717, 1.165) is 12.0 Å². The first-order valence-corrected chi connectivity index (χ1v) is 8.65. The number of benzene rings is 1. The molecule has 1 aliphatic carbocycles. The van der Waals surface area contributed by atoms with Gasteiger partial charge >= 0.3 is 0 Å². The molecule has 0 aliphatic heterocycles. The Bertz CT molecular complexity index is 905. The maximum absolute atomic E-state index is 11.1. The van der Waals surface area contributed by atoms with Gasteiger partial charge in [-0.1, -0.05) is 12.1 Å². The Labute approximate surface area is 157 Å². The third-order valence-electron chi connectivity index (χ3n) is 4.57. The zero-order valence-electron chi connectivity index (χ0n) is 14.6. The summed E-state index contributed by atoms with van der Waals surface area (Å²) >= 11 is 0. The fourth-order valence-corrected chi connectivity index (χ4v) is 2.88. The van der Waals surface area contributed by atoms with Gasteiger partial charge in [-0.15, -0.1) is 0 Å². The summed E-state index contributed by atoms with van der Waals surface area (Å²) < 4.78 is 0. The summed E-state index contributed by atoms with van der Waals surface area (Å²) in [6, 6.07) is 11.6. The highest BCUT2D eigenvalue weighted by Crippen LogP contribution is 2.30. The van der Waals surface area contributed by atoms with Crippen LogP contribution in [0.5, 0.6) is 0 Å². The Balaban J connectivity index is 1.57. The lowest BCUT2D eigenvalue weighted by molar-refractivity contribution is -0.124. The molecule has 27 heavy (non-hydrogen) atoms. The van der Waals surface area contributed by atoms with Crippen molar-refractivity contribution in [1.82, 2.24) is 9.97 Å². The fourth-order valence-electron chi connectivity index (χ4n) is 2.88. The molecule has 8 nitrogen and oxygen atoms in total. The molecule has 4 N–H and O–H groups in total. The number of aromatic nitrogens is 2. The van der Waals surface area contributed by atoms with Gasteiger partial charge < -0.3 is 16.4 Å². The molecule has 1 aliphatic rings. The molecule has 0 unspecified atom stereocenters. The van der Waals surface area contributed by atoms with Crippen LogP contribution in [-0.4, -0.2) is 28.5 Å². The molecule has 0 radical (unpaired) electrons. The third-order valence-corrected chi connectivity index (χ3v) is 4.57. The fraction of sp³-hybridized carbons (Fsp3) is 0.316. The zero-order valence-corrected chi connectivity index (χ0v) is 14.6. The standard InChI is InChI=1S/C19H19N7O/c20-9-13-3-1-12(2-4-13)5-6-23-19-24-11-15(10-21)18(26-19)25-16-7-14(8-16)17(22)27/h1-4,11,14,16H,5-8H2,(H2,22,27)(H2,23,24,25,26)/t14-,16+. The van der Waals surface area contributed by atoms with Gasteiger partial charge in [-0.05, 0) is 37.0 Å². The van der Waals surface area contributed by atoms with E-state index < -0.39 is 0 Å². The van der Waals surface area contributed by atoms with Crippen molar-refractivity contribution >= 4 is 17.7 Å². The van der Waals surface area contributed by atoms with Gasteiger partial charge in [0.05, 0.1) is 17.8 Å². The number of carbonyl (C=O) groups is 1. The van der Waals surface area contributed by atoms with E-state index in [1.807, 2.05) is 12.1 Å². The highest BCUT2D eigenvalue weighted by molar-refractivity contribution is 5.78. The van der Waals surface area contributed by atoms with E-state index >= 15 is 0 Å². The first-order valence-electron chi connectivity index (χ1n) is 8.65. The van der Waals surface area contributed by atoms with Gasteiger partial charge in [0.1, 0.15) is 17.5 Å². The monoisotopic (exact) mass is 361 g/mol. The molecule has 1 aromatic carbocycles. The van der Waals surface area contributed by atoms with Gasteiger partial charge in [-0.3, -0.25) is 4.79 Å². The van der Waals surface area contributed by atoms with Crippen molar-refractivity contribution < 1.29 is 4.79 Å². The molecule has 136 valence electrons. The molecule has 1 heterocycles. The summed E-state index contributed by atoms with van der Waals surface area (Å²) in [5.41, 5.74) is 7.37. The highest BCUT2D eigenvalue weighted by atomic mass is 16.1. The number of primary amides is 1. The minimum absolute atomic E-state index is 0.0796. The minimum atomic E-state index is -0.290. The second kappa shape index (κ2) is 8.15. The zero-order chi connectivity index (χ0) is 19.2. The smallest absolute Gasteiger partial charge is 0.224 e. The molecule has 0 bridgehead atoms. The summed E-state index contributed by atoms with van der Waals surface area (Å²) in [6.45, 7) is 0.615. The van der Waals surface area contributed by atoms with Crippen LogP contribution in [0.3, 0.4) is 0 Å². The molecule has 8 heteroatoms. The molecule has 1 fully saturated rings. The van der Waals surface area contributed by atoms with Crippen molar-refractivity contribution in [2.24, 2.45) is 11.7 Å². The van der Waals surface area contributed by atoms with Crippen molar-refractivity contribution in [2.45, 2.75) is 25.3 Å². The molecule has 0 atom stereocenters. The number of anilines is 2. The van der Waals surface area contributed by atoms with E-state index in [1.54, 1.807) is 12.1 Å². The van der Waals surface area contributed by atoms with E-state index in [-0.39, 0.29) is 17.9 Å². The number of nitrogens with two attached hydrogens (primary N) is 1. The lowest BCUT2D eigenvalue weighted by atomic mass is 9.80. The van der Waals surface area contributed by atoms with E-state index in [4.69, 9.17) is 11.0 Å². The van der Waals surface area contributed by atoms with Gasteiger partial charge in [0.25, 0.3) is 0 Å². The Hall–Kier alpha value is -3.65. The topological polar surface area (TPSA) is 141 Å². The van der Waals surface area contributed by atoms with Crippen molar-refractivity contribution in [3.8, 4) is 12.1 Å². The molecular weight excluding hydrogens is 342 g/mol. The Morgan fingerprint density at radius 1 is 1.22 bits per heavy atom. The maximum Gasteiger partial charge on any atom is 0.224 e. The number of hydrogen-bond acceptors (Lipinski definition) is 7. The Morgan fingerprint density at radius 3 is 2.59 bits per heavy atom. The van der Waals surface area contributed by atoms with Crippen LogP contribution in [0, 0.1) is 28.6 Å². The van der Waals surface area contributed by atoms with Gasteiger partial charge in [0.15, 0.2) is 0 Å². The number of carbonyl (C=O) groups excluding carboxylic acids is 1. The second-order valence-corrected chi connectivity index (χ2v) is 6.47. The van der Waals surface area contributed by atoms with Crippen molar-refractivity contribution in [2.75, 3.05) is 17.2 Å². The molecule has 1 aromatic heterocycles. The van der Waals surface area contributed by atoms with Gasteiger partial charge in [0.2, 0.25) is 11.9 Å². The molecule has 2 aromatic rings. The first kappa shape index (κ1) is 18.2. The Kier molecular flexibility index (Phi) is 5.48. The number of nitriles is 2. The molecule has 0 saturated heterocycles. The van der Waals surface area contributed by atoms with Crippen LogP contribution in [0.2, 0.25) is 0 Å². The van der Waals surface area contributed by atoms with Crippen LogP contribution in [0.1, 0.15) is 29.5 Å². The van der Waals surface area contributed by atoms with Crippen molar-refractivity contribution in [3.05, 3.63) is 47.2 Å². The largest absolute Gasteiger partial charge is 0.369 e. The van der Waals surface area contributed by atoms with E-state index in [9.17, 15) is 10.1 Å². The van der Waals surface area contributed by atoms with Gasteiger partial charge in [-0.25, -0.2) is 4.98 Å². The van der Waals surface area contributed by atoms with E-state index in [0.29, 0.717) is 42.3 Å².